The van der Waals surface area contributed by atoms with Crippen LogP contribution in [0.1, 0.15) is 42.4 Å². The molecular formula is C20H25N3. The maximum absolute atomic E-state index is 4.77. The SMILES string of the molecule is Cc1ccc(CNC(c2nc3ccccc3[nH]2)C(C)C)c(C)c1. The summed E-state index contributed by atoms with van der Waals surface area (Å²) in [6.07, 6.45) is 0. The predicted molar refractivity (Wildman–Crippen MR) is 96.4 cm³/mol. The van der Waals surface area contributed by atoms with Crippen LogP contribution >= 0.6 is 0 Å². The Balaban J connectivity index is 1.81. The minimum absolute atomic E-state index is 0.211. The fraction of sp³-hybridized carbons (Fsp3) is 0.350. The van der Waals surface area contributed by atoms with Crippen LogP contribution in [-0.4, -0.2) is 9.97 Å². The molecule has 3 aromatic rings. The van der Waals surface area contributed by atoms with Crippen LogP contribution in [0.5, 0.6) is 0 Å². The molecule has 0 saturated heterocycles. The number of fused-ring (bicyclic) bond motifs is 1. The Morgan fingerprint density at radius 2 is 1.87 bits per heavy atom. The number of rotatable bonds is 5. The van der Waals surface area contributed by atoms with Gasteiger partial charge in [0.2, 0.25) is 0 Å². The van der Waals surface area contributed by atoms with Crippen molar-refractivity contribution in [2.24, 2.45) is 5.92 Å². The Morgan fingerprint density at radius 3 is 2.57 bits per heavy atom. The zero-order chi connectivity index (χ0) is 16.4. The molecule has 0 fully saturated rings. The van der Waals surface area contributed by atoms with Crippen LogP contribution in [-0.2, 0) is 6.54 Å². The van der Waals surface area contributed by atoms with Gasteiger partial charge in [-0.3, -0.25) is 0 Å². The van der Waals surface area contributed by atoms with Gasteiger partial charge in [0.1, 0.15) is 5.82 Å². The number of imidazole rings is 1. The summed E-state index contributed by atoms with van der Waals surface area (Å²) in [6, 6.07) is 15.0. The average molecular weight is 307 g/mol. The van der Waals surface area contributed by atoms with Crippen LogP contribution in [0.2, 0.25) is 0 Å². The molecule has 0 aliphatic heterocycles. The first kappa shape index (κ1) is 15.8. The van der Waals surface area contributed by atoms with Gasteiger partial charge in [0.25, 0.3) is 0 Å². The monoisotopic (exact) mass is 307 g/mol. The highest BCUT2D eigenvalue weighted by atomic mass is 15.0. The second-order valence-electron chi connectivity index (χ2n) is 6.67. The van der Waals surface area contributed by atoms with Gasteiger partial charge in [-0.25, -0.2) is 4.98 Å². The quantitative estimate of drug-likeness (QED) is 0.719. The smallest absolute Gasteiger partial charge is 0.124 e. The van der Waals surface area contributed by atoms with Gasteiger partial charge in [0.05, 0.1) is 17.1 Å². The molecule has 0 amide bonds. The molecule has 0 bridgehead atoms. The highest BCUT2D eigenvalue weighted by Crippen LogP contribution is 2.23. The van der Waals surface area contributed by atoms with Gasteiger partial charge >= 0.3 is 0 Å². The van der Waals surface area contributed by atoms with E-state index in [1.165, 1.54) is 16.7 Å². The molecule has 3 heteroatoms. The highest BCUT2D eigenvalue weighted by Gasteiger charge is 2.19. The van der Waals surface area contributed by atoms with Crippen LogP contribution in [0, 0.1) is 19.8 Å². The van der Waals surface area contributed by atoms with Gasteiger partial charge in [-0.2, -0.15) is 0 Å². The zero-order valence-electron chi connectivity index (χ0n) is 14.4. The van der Waals surface area contributed by atoms with E-state index in [-0.39, 0.29) is 6.04 Å². The lowest BCUT2D eigenvalue weighted by Gasteiger charge is -2.21. The zero-order valence-corrected chi connectivity index (χ0v) is 14.4. The second kappa shape index (κ2) is 6.55. The Bertz CT molecular complexity index is 769. The number of aromatic amines is 1. The first-order valence-corrected chi connectivity index (χ1v) is 8.29. The standard InChI is InChI=1S/C20H25N3/c1-13(2)19(20-22-17-7-5-6-8-18(17)23-20)21-12-16-10-9-14(3)11-15(16)4/h5-11,13,19,21H,12H2,1-4H3,(H,22,23). The van der Waals surface area contributed by atoms with Gasteiger partial charge in [-0.1, -0.05) is 49.7 Å². The van der Waals surface area contributed by atoms with Crippen molar-refractivity contribution in [3.63, 3.8) is 0 Å². The second-order valence-corrected chi connectivity index (χ2v) is 6.67. The van der Waals surface area contributed by atoms with Crippen molar-refractivity contribution in [1.82, 2.24) is 15.3 Å². The topological polar surface area (TPSA) is 40.7 Å². The van der Waals surface area contributed by atoms with Crippen molar-refractivity contribution in [2.45, 2.75) is 40.3 Å². The summed E-state index contributed by atoms with van der Waals surface area (Å²) in [7, 11) is 0. The third kappa shape index (κ3) is 3.45. The van der Waals surface area contributed by atoms with Gasteiger partial charge in [0.15, 0.2) is 0 Å². The minimum Gasteiger partial charge on any atom is -0.341 e. The highest BCUT2D eigenvalue weighted by molar-refractivity contribution is 5.74. The van der Waals surface area contributed by atoms with Crippen LogP contribution in [0.15, 0.2) is 42.5 Å². The molecule has 0 spiro atoms. The number of benzene rings is 2. The molecule has 1 aromatic heterocycles. The first-order chi connectivity index (χ1) is 11.0. The number of nitrogens with one attached hydrogen (secondary N) is 2. The number of hydrogen-bond acceptors (Lipinski definition) is 2. The van der Waals surface area contributed by atoms with Crippen molar-refractivity contribution in [1.29, 1.82) is 0 Å². The predicted octanol–water partition coefficient (Wildman–Crippen LogP) is 4.67. The van der Waals surface area contributed by atoms with Crippen LogP contribution < -0.4 is 5.32 Å². The number of hydrogen-bond donors (Lipinski definition) is 2. The molecule has 0 radical (unpaired) electrons. The van der Waals surface area contributed by atoms with Crippen molar-refractivity contribution < 1.29 is 0 Å². The molecule has 3 rings (SSSR count). The number of para-hydroxylation sites is 2. The first-order valence-electron chi connectivity index (χ1n) is 8.29. The Labute approximate surface area is 138 Å². The van der Waals surface area contributed by atoms with E-state index in [0.29, 0.717) is 5.92 Å². The minimum atomic E-state index is 0.211. The Hall–Kier alpha value is -2.13. The molecule has 0 saturated carbocycles. The van der Waals surface area contributed by atoms with E-state index in [2.05, 4.69) is 68.3 Å². The summed E-state index contributed by atoms with van der Waals surface area (Å²) in [6.45, 7) is 9.62. The average Bonchev–Trinajstić information content (AvgIpc) is 2.92. The van der Waals surface area contributed by atoms with Crippen LogP contribution in [0.25, 0.3) is 11.0 Å². The van der Waals surface area contributed by atoms with Crippen LogP contribution in [0.3, 0.4) is 0 Å². The summed E-state index contributed by atoms with van der Waals surface area (Å²) in [4.78, 5) is 8.23. The molecule has 3 nitrogen and oxygen atoms in total. The van der Waals surface area contributed by atoms with E-state index >= 15 is 0 Å². The maximum atomic E-state index is 4.77. The molecule has 1 atom stereocenters. The van der Waals surface area contributed by atoms with E-state index in [9.17, 15) is 0 Å². The van der Waals surface area contributed by atoms with Crippen molar-refractivity contribution >= 4 is 11.0 Å². The maximum Gasteiger partial charge on any atom is 0.124 e. The number of H-pyrrole nitrogens is 1. The van der Waals surface area contributed by atoms with E-state index < -0.39 is 0 Å². The van der Waals surface area contributed by atoms with Gasteiger partial charge in [0, 0.05) is 6.54 Å². The number of nitrogens with zero attached hydrogens (tertiary/aromatic N) is 1. The summed E-state index contributed by atoms with van der Waals surface area (Å²) in [5, 5.41) is 3.68. The van der Waals surface area contributed by atoms with Gasteiger partial charge in [-0.15, -0.1) is 0 Å². The molecule has 23 heavy (non-hydrogen) atoms. The lowest BCUT2D eigenvalue weighted by atomic mass is 10.0. The Kier molecular flexibility index (Phi) is 4.49. The summed E-state index contributed by atoms with van der Waals surface area (Å²) >= 11 is 0. The van der Waals surface area contributed by atoms with Crippen molar-refractivity contribution in [3.8, 4) is 0 Å². The molecule has 0 aliphatic rings. The van der Waals surface area contributed by atoms with E-state index in [0.717, 1.165) is 23.4 Å². The summed E-state index contributed by atoms with van der Waals surface area (Å²) in [5.41, 5.74) is 6.12. The fourth-order valence-corrected chi connectivity index (χ4v) is 3.03. The van der Waals surface area contributed by atoms with E-state index in [4.69, 9.17) is 4.98 Å². The van der Waals surface area contributed by atoms with E-state index in [1.807, 2.05) is 12.1 Å². The van der Waals surface area contributed by atoms with E-state index in [1.54, 1.807) is 0 Å². The third-order valence-corrected chi connectivity index (χ3v) is 4.38. The molecule has 1 heterocycles. The van der Waals surface area contributed by atoms with Crippen molar-refractivity contribution in [2.75, 3.05) is 0 Å². The number of aryl methyl sites for hydroxylation is 2. The lowest BCUT2D eigenvalue weighted by Crippen LogP contribution is -2.26. The molecule has 120 valence electrons. The molecule has 2 N–H and O–H groups in total. The molecule has 0 aliphatic carbocycles. The van der Waals surface area contributed by atoms with Gasteiger partial charge < -0.3 is 10.3 Å². The molecule has 1 unspecified atom stereocenters. The third-order valence-electron chi connectivity index (χ3n) is 4.38. The normalized spacial score (nSPS) is 12.9. The van der Waals surface area contributed by atoms with Crippen molar-refractivity contribution in [3.05, 3.63) is 65.0 Å². The van der Waals surface area contributed by atoms with Gasteiger partial charge in [-0.05, 0) is 43.0 Å². The molecular weight excluding hydrogens is 282 g/mol. The largest absolute Gasteiger partial charge is 0.341 e. The summed E-state index contributed by atoms with van der Waals surface area (Å²) in [5.74, 6) is 1.48. The Morgan fingerprint density at radius 1 is 1.09 bits per heavy atom. The fourth-order valence-electron chi connectivity index (χ4n) is 3.03. The summed E-state index contributed by atoms with van der Waals surface area (Å²) < 4.78 is 0. The number of aromatic nitrogens is 2. The lowest BCUT2D eigenvalue weighted by molar-refractivity contribution is 0.395. The molecule has 2 aromatic carbocycles. The van der Waals surface area contributed by atoms with Crippen LogP contribution in [0.4, 0.5) is 0 Å².